The maximum atomic E-state index is 5.29. The van der Waals surface area contributed by atoms with E-state index in [2.05, 4.69) is 37.4 Å². The van der Waals surface area contributed by atoms with Gasteiger partial charge in [0.1, 0.15) is 0 Å². The Labute approximate surface area is 117 Å². The molecule has 1 heterocycles. The van der Waals surface area contributed by atoms with Crippen LogP contribution < -0.4 is 5.32 Å². The number of aryl methyl sites for hydroxylation is 1. The van der Waals surface area contributed by atoms with Gasteiger partial charge in [-0.15, -0.1) is 12.4 Å². The van der Waals surface area contributed by atoms with E-state index >= 15 is 0 Å². The topological polar surface area (TPSA) is 39.1 Å². The van der Waals surface area contributed by atoms with Crippen molar-refractivity contribution in [1.82, 2.24) is 15.1 Å². The number of nitrogens with zero attached hydrogens (tertiary/aromatic N) is 2. The van der Waals surface area contributed by atoms with Crippen LogP contribution in [0, 0.1) is 6.92 Å². The van der Waals surface area contributed by atoms with Crippen LogP contribution in [0.4, 0.5) is 0 Å². The minimum absolute atomic E-state index is 0. The first-order valence-corrected chi connectivity index (χ1v) is 6.48. The number of hydrogen-bond donors (Lipinski definition) is 1. The normalized spacial score (nSPS) is 10.7. The average Bonchev–Trinajstić information content (AvgIpc) is 2.65. The van der Waals surface area contributed by atoms with E-state index in [1.807, 2.05) is 11.6 Å². The molecule has 1 rings (SSSR count). The maximum Gasteiger partial charge on any atom is 0.0638 e. The van der Waals surface area contributed by atoms with Crippen LogP contribution >= 0.6 is 12.4 Å². The van der Waals surface area contributed by atoms with E-state index in [-0.39, 0.29) is 12.4 Å². The van der Waals surface area contributed by atoms with Gasteiger partial charge in [-0.25, -0.2) is 0 Å². The lowest BCUT2D eigenvalue weighted by Crippen LogP contribution is -2.16. The summed E-state index contributed by atoms with van der Waals surface area (Å²) in [6, 6.07) is 0.431. The van der Waals surface area contributed by atoms with E-state index in [0.717, 1.165) is 38.4 Å². The van der Waals surface area contributed by atoms with Gasteiger partial charge in [0.25, 0.3) is 0 Å². The van der Waals surface area contributed by atoms with Gasteiger partial charge in [-0.05, 0) is 40.7 Å². The van der Waals surface area contributed by atoms with Crippen molar-refractivity contribution < 1.29 is 4.74 Å². The molecule has 0 saturated carbocycles. The monoisotopic (exact) mass is 275 g/mol. The zero-order valence-electron chi connectivity index (χ0n) is 11.9. The molecule has 5 heteroatoms. The molecule has 0 aromatic carbocycles. The highest BCUT2D eigenvalue weighted by molar-refractivity contribution is 5.85. The lowest BCUT2D eigenvalue weighted by Gasteiger charge is -2.04. The van der Waals surface area contributed by atoms with Crippen LogP contribution in [0.3, 0.4) is 0 Å². The molecule has 0 fully saturated rings. The van der Waals surface area contributed by atoms with Crippen LogP contribution in [-0.4, -0.2) is 29.5 Å². The lowest BCUT2D eigenvalue weighted by atomic mass is 10.2. The predicted molar refractivity (Wildman–Crippen MR) is 77.4 cm³/mol. The summed E-state index contributed by atoms with van der Waals surface area (Å²) in [5, 5.41) is 7.91. The van der Waals surface area contributed by atoms with Crippen LogP contribution in [-0.2, 0) is 11.3 Å². The van der Waals surface area contributed by atoms with E-state index in [4.69, 9.17) is 4.74 Å². The summed E-state index contributed by atoms with van der Waals surface area (Å²) in [5.74, 6) is 0. The Morgan fingerprint density at radius 2 is 2.17 bits per heavy atom. The van der Waals surface area contributed by atoms with Gasteiger partial charge in [0, 0.05) is 37.6 Å². The second-order valence-corrected chi connectivity index (χ2v) is 4.54. The number of aromatic nitrogens is 2. The van der Waals surface area contributed by atoms with Crippen LogP contribution in [0.25, 0.3) is 0 Å². The predicted octanol–water partition coefficient (Wildman–Crippen LogP) is 2.71. The van der Waals surface area contributed by atoms with E-state index in [9.17, 15) is 0 Å². The summed E-state index contributed by atoms with van der Waals surface area (Å²) >= 11 is 0. The van der Waals surface area contributed by atoms with Crippen molar-refractivity contribution in [3.05, 3.63) is 17.5 Å². The zero-order chi connectivity index (χ0) is 12.7. The van der Waals surface area contributed by atoms with E-state index in [1.165, 1.54) is 5.56 Å². The maximum absolute atomic E-state index is 5.29. The van der Waals surface area contributed by atoms with Crippen LogP contribution in [0.15, 0.2) is 6.20 Å². The van der Waals surface area contributed by atoms with E-state index in [0.29, 0.717) is 6.04 Å². The molecule has 18 heavy (non-hydrogen) atoms. The summed E-state index contributed by atoms with van der Waals surface area (Å²) in [4.78, 5) is 0. The standard InChI is InChI=1S/C13H25N3O.ClH/c1-5-17-8-6-7-14-9-13-10-16(11(2)3)15-12(13)4;/h10-11,14H,5-9H2,1-4H3;1H. The highest BCUT2D eigenvalue weighted by atomic mass is 35.5. The number of halogens is 1. The Balaban J connectivity index is 0.00000289. The molecule has 106 valence electrons. The smallest absolute Gasteiger partial charge is 0.0638 e. The van der Waals surface area contributed by atoms with Gasteiger partial charge in [-0.1, -0.05) is 0 Å². The summed E-state index contributed by atoms with van der Waals surface area (Å²) in [6.45, 7) is 11.9. The number of hydrogen-bond acceptors (Lipinski definition) is 3. The largest absolute Gasteiger partial charge is 0.382 e. The molecule has 0 unspecified atom stereocenters. The van der Waals surface area contributed by atoms with Crippen molar-refractivity contribution in [2.24, 2.45) is 0 Å². The zero-order valence-corrected chi connectivity index (χ0v) is 12.7. The molecule has 1 N–H and O–H groups in total. The molecule has 0 aliphatic carbocycles. The molecule has 0 radical (unpaired) electrons. The molecule has 4 nitrogen and oxygen atoms in total. The Kier molecular flexibility index (Phi) is 9.06. The quantitative estimate of drug-likeness (QED) is 0.742. The number of rotatable bonds is 8. The van der Waals surface area contributed by atoms with Crippen LogP contribution in [0.2, 0.25) is 0 Å². The minimum atomic E-state index is 0. The second-order valence-electron chi connectivity index (χ2n) is 4.54. The molecule has 0 amide bonds. The van der Waals surface area contributed by atoms with Gasteiger partial charge >= 0.3 is 0 Å². The van der Waals surface area contributed by atoms with Crippen LogP contribution in [0.5, 0.6) is 0 Å². The number of nitrogens with one attached hydrogen (secondary N) is 1. The Morgan fingerprint density at radius 1 is 1.44 bits per heavy atom. The van der Waals surface area contributed by atoms with Crippen molar-refractivity contribution in [1.29, 1.82) is 0 Å². The van der Waals surface area contributed by atoms with E-state index < -0.39 is 0 Å². The molecule has 0 spiro atoms. The van der Waals surface area contributed by atoms with Crippen LogP contribution in [0.1, 0.15) is 44.5 Å². The molecular weight excluding hydrogens is 250 g/mol. The molecule has 0 bridgehead atoms. The molecular formula is C13H26ClN3O. The molecule has 0 atom stereocenters. The molecule has 0 aliphatic rings. The first-order valence-electron chi connectivity index (χ1n) is 6.48. The third-order valence-corrected chi connectivity index (χ3v) is 2.71. The van der Waals surface area contributed by atoms with Gasteiger partial charge in [-0.2, -0.15) is 5.10 Å². The van der Waals surface area contributed by atoms with Gasteiger partial charge in [0.2, 0.25) is 0 Å². The average molecular weight is 276 g/mol. The van der Waals surface area contributed by atoms with Crippen molar-refractivity contribution in [2.75, 3.05) is 19.8 Å². The summed E-state index contributed by atoms with van der Waals surface area (Å²) in [6.07, 6.45) is 3.20. The fourth-order valence-corrected chi connectivity index (χ4v) is 1.62. The third-order valence-electron chi connectivity index (χ3n) is 2.71. The second kappa shape index (κ2) is 9.36. The first kappa shape index (κ1) is 17.4. The van der Waals surface area contributed by atoms with E-state index in [1.54, 1.807) is 0 Å². The Bertz CT molecular complexity index is 326. The molecule has 1 aromatic heterocycles. The minimum Gasteiger partial charge on any atom is -0.382 e. The third kappa shape index (κ3) is 5.85. The van der Waals surface area contributed by atoms with Gasteiger partial charge < -0.3 is 10.1 Å². The fourth-order valence-electron chi connectivity index (χ4n) is 1.62. The Hall–Kier alpha value is -0.580. The lowest BCUT2D eigenvalue weighted by molar-refractivity contribution is 0.144. The highest BCUT2D eigenvalue weighted by Gasteiger charge is 2.06. The van der Waals surface area contributed by atoms with Gasteiger partial charge in [0.05, 0.1) is 5.69 Å². The molecule has 0 saturated heterocycles. The van der Waals surface area contributed by atoms with Crippen molar-refractivity contribution in [3.63, 3.8) is 0 Å². The Morgan fingerprint density at radius 3 is 2.72 bits per heavy atom. The summed E-state index contributed by atoms with van der Waals surface area (Å²) in [5.41, 5.74) is 2.41. The fraction of sp³-hybridized carbons (Fsp3) is 0.769. The number of ether oxygens (including phenoxy) is 1. The molecule has 1 aromatic rings. The van der Waals surface area contributed by atoms with Gasteiger partial charge in [-0.3, -0.25) is 4.68 Å². The SMILES string of the molecule is CCOCCCNCc1cn(C(C)C)nc1C.Cl. The summed E-state index contributed by atoms with van der Waals surface area (Å²) in [7, 11) is 0. The van der Waals surface area contributed by atoms with Crippen molar-refractivity contribution in [2.45, 2.75) is 46.7 Å². The van der Waals surface area contributed by atoms with Crippen molar-refractivity contribution in [3.8, 4) is 0 Å². The highest BCUT2D eigenvalue weighted by Crippen LogP contribution is 2.09. The first-order chi connectivity index (χ1) is 8.15. The summed E-state index contributed by atoms with van der Waals surface area (Å²) < 4.78 is 7.31. The van der Waals surface area contributed by atoms with Crippen molar-refractivity contribution >= 4 is 12.4 Å². The molecule has 0 aliphatic heterocycles. The van der Waals surface area contributed by atoms with Gasteiger partial charge in [0.15, 0.2) is 0 Å².